The molecule has 9 heteroatoms. The number of hydrogen-bond acceptors (Lipinski definition) is 4. The Morgan fingerprint density at radius 3 is 2.52 bits per heavy atom. The number of aryl methyl sites for hydroxylation is 1. The number of nitrogens with one attached hydrogen (secondary N) is 1. The van der Waals surface area contributed by atoms with E-state index in [1.165, 1.54) is 24.5 Å². The number of rotatable bonds is 4. The highest BCUT2D eigenvalue weighted by Gasteiger charge is 2.30. The molecular weight excluding hydrogens is 403 g/mol. The fraction of sp³-hybridized carbons (Fsp3) is 0.222. The molecule has 0 aliphatic rings. The highest BCUT2D eigenvalue weighted by molar-refractivity contribution is 7.16. The first-order valence-electron chi connectivity index (χ1n) is 7.58. The topological polar surface area (TPSA) is 55.4 Å². The maximum atomic E-state index is 12.8. The number of carbonyl (C=O) groups excluding carboxylic acids is 2. The Kier molecular flexibility index (Phi) is 6.33. The molecule has 4 nitrogen and oxygen atoms in total. The molecule has 2 aromatic rings. The summed E-state index contributed by atoms with van der Waals surface area (Å²) in [6.45, 7) is 3.52. The Bertz CT molecular complexity index is 919. The summed E-state index contributed by atoms with van der Waals surface area (Å²) in [4.78, 5) is 24.9. The first-order chi connectivity index (χ1) is 12.5. The van der Waals surface area contributed by atoms with E-state index >= 15 is 0 Å². The number of thiophene rings is 1. The minimum atomic E-state index is -4.52. The molecule has 0 saturated carbocycles. The van der Waals surface area contributed by atoms with Crippen LogP contribution in [0.3, 0.4) is 0 Å². The minimum Gasteiger partial charge on any atom is -0.465 e. The number of hydrogen-bond donors (Lipinski definition) is 1. The molecule has 0 saturated heterocycles. The van der Waals surface area contributed by atoms with Gasteiger partial charge in [0.15, 0.2) is 0 Å². The van der Waals surface area contributed by atoms with Crippen molar-refractivity contribution >= 4 is 45.9 Å². The Morgan fingerprint density at radius 1 is 1.26 bits per heavy atom. The van der Waals surface area contributed by atoms with Gasteiger partial charge in [-0.3, -0.25) is 4.79 Å². The Morgan fingerprint density at radius 2 is 1.93 bits per heavy atom. The average molecular weight is 418 g/mol. The molecule has 27 heavy (non-hydrogen) atoms. The van der Waals surface area contributed by atoms with E-state index in [4.69, 9.17) is 16.3 Å². The number of amides is 1. The van der Waals surface area contributed by atoms with Gasteiger partial charge in [-0.2, -0.15) is 13.2 Å². The van der Waals surface area contributed by atoms with Crippen LogP contribution in [0.15, 0.2) is 24.3 Å². The number of alkyl halides is 3. The molecule has 1 amide bonds. The van der Waals surface area contributed by atoms with Crippen molar-refractivity contribution in [3.05, 3.63) is 56.4 Å². The van der Waals surface area contributed by atoms with Gasteiger partial charge in [-0.25, -0.2) is 4.79 Å². The van der Waals surface area contributed by atoms with Gasteiger partial charge in [-0.1, -0.05) is 11.6 Å². The summed E-state index contributed by atoms with van der Waals surface area (Å²) in [6.07, 6.45) is -2.29. The molecule has 0 radical (unpaired) electrons. The van der Waals surface area contributed by atoms with E-state index in [-0.39, 0.29) is 16.1 Å². The predicted molar refractivity (Wildman–Crippen MR) is 99.3 cm³/mol. The maximum absolute atomic E-state index is 12.8. The van der Waals surface area contributed by atoms with Crippen molar-refractivity contribution in [2.45, 2.75) is 20.0 Å². The first-order valence-corrected chi connectivity index (χ1v) is 8.78. The second-order valence-corrected chi connectivity index (χ2v) is 7.17. The van der Waals surface area contributed by atoms with E-state index in [2.05, 4.69) is 5.32 Å². The van der Waals surface area contributed by atoms with E-state index in [0.29, 0.717) is 10.6 Å². The van der Waals surface area contributed by atoms with Gasteiger partial charge >= 0.3 is 12.1 Å². The predicted octanol–water partition coefficient (Wildman–Crippen LogP) is 5.48. The van der Waals surface area contributed by atoms with Crippen molar-refractivity contribution in [2.24, 2.45) is 0 Å². The quantitative estimate of drug-likeness (QED) is 0.529. The second-order valence-electron chi connectivity index (χ2n) is 5.54. The van der Waals surface area contributed by atoms with Crippen LogP contribution in [0.1, 0.15) is 31.9 Å². The standard InChI is InChI=1S/C18H15ClF3NO3S/c1-9-10(2)27-16(15(9)17(25)26-3)23-14(24)7-4-11-8-12(18(20,21)22)5-6-13(11)19/h4-8H,1-3H3,(H,23,24)/b7-4+. The molecule has 0 aliphatic heterocycles. The smallest absolute Gasteiger partial charge is 0.416 e. The molecular formula is C18H15ClF3NO3S. The Labute approximate surface area is 162 Å². The molecule has 0 fully saturated rings. The van der Waals surface area contributed by atoms with Crippen molar-refractivity contribution < 1.29 is 27.5 Å². The van der Waals surface area contributed by atoms with Gasteiger partial charge in [0.2, 0.25) is 5.91 Å². The fourth-order valence-electron chi connectivity index (χ4n) is 2.23. The largest absolute Gasteiger partial charge is 0.465 e. The van der Waals surface area contributed by atoms with Crippen molar-refractivity contribution in [1.29, 1.82) is 0 Å². The highest BCUT2D eigenvalue weighted by atomic mass is 35.5. The lowest BCUT2D eigenvalue weighted by molar-refractivity contribution is -0.137. The zero-order chi connectivity index (χ0) is 20.4. The van der Waals surface area contributed by atoms with Crippen LogP contribution >= 0.6 is 22.9 Å². The summed E-state index contributed by atoms with van der Waals surface area (Å²) in [5.41, 5.74) is 0.115. The van der Waals surface area contributed by atoms with Gasteiger partial charge in [-0.05, 0) is 49.2 Å². The van der Waals surface area contributed by atoms with Gasteiger partial charge in [0.1, 0.15) is 5.00 Å². The summed E-state index contributed by atoms with van der Waals surface area (Å²) in [5.74, 6) is -1.20. The van der Waals surface area contributed by atoms with E-state index < -0.39 is 23.6 Å². The van der Waals surface area contributed by atoms with Crippen molar-refractivity contribution in [3.63, 3.8) is 0 Å². The summed E-state index contributed by atoms with van der Waals surface area (Å²) >= 11 is 7.09. The lowest BCUT2D eigenvalue weighted by Gasteiger charge is -2.08. The monoisotopic (exact) mass is 417 g/mol. The molecule has 0 bridgehead atoms. The third-order valence-corrected chi connectivity index (χ3v) is 5.22. The third-order valence-electron chi connectivity index (χ3n) is 3.75. The number of ether oxygens (including phenoxy) is 1. The van der Waals surface area contributed by atoms with Crippen LogP contribution in [0.4, 0.5) is 18.2 Å². The highest BCUT2D eigenvalue weighted by Crippen LogP contribution is 2.34. The van der Waals surface area contributed by atoms with E-state index in [1.54, 1.807) is 13.8 Å². The molecule has 1 N–H and O–H groups in total. The molecule has 144 valence electrons. The number of methoxy groups -OCH3 is 1. The van der Waals surface area contributed by atoms with Crippen LogP contribution in [-0.2, 0) is 15.7 Å². The Balaban J connectivity index is 2.25. The van der Waals surface area contributed by atoms with Crippen LogP contribution in [-0.4, -0.2) is 19.0 Å². The van der Waals surface area contributed by atoms with Gasteiger partial charge in [0.25, 0.3) is 0 Å². The Hall–Kier alpha value is -2.32. The summed E-state index contributed by atoms with van der Waals surface area (Å²) in [6, 6.07) is 2.83. The van der Waals surface area contributed by atoms with Crippen molar-refractivity contribution in [3.8, 4) is 0 Å². The molecule has 1 aromatic carbocycles. The van der Waals surface area contributed by atoms with Gasteiger partial charge in [0.05, 0.1) is 18.2 Å². The number of halogens is 4. The lowest BCUT2D eigenvalue weighted by atomic mass is 10.1. The third kappa shape index (κ3) is 4.90. The molecule has 1 aromatic heterocycles. The minimum absolute atomic E-state index is 0.0494. The maximum Gasteiger partial charge on any atom is 0.416 e. The van der Waals surface area contributed by atoms with Gasteiger partial charge in [0, 0.05) is 16.0 Å². The molecule has 0 unspecified atom stereocenters. The number of carbonyl (C=O) groups is 2. The number of anilines is 1. The molecule has 0 spiro atoms. The molecule has 0 aliphatic carbocycles. The van der Waals surface area contributed by atoms with Crippen molar-refractivity contribution in [1.82, 2.24) is 0 Å². The van der Waals surface area contributed by atoms with Crippen LogP contribution in [0.25, 0.3) is 6.08 Å². The lowest BCUT2D eigenvalue weighted by Crippen LogP contribution is -2.11. The number of benzene rings is 1. The van der Waals surface area contributed by atoms with E-state index in [9.17, 15) is 22.8 Å². The van der Waals surface area contributed by atoms with E-state index in [1.807, 2.05) is 0 Å². The van der Waals surface area contributed by atoms with Gasteiger partial charge < -0.3 is 10.1 Å². The average Bonchev–Trinajstić information content (AvgIpc) is 2.86. The van der Waals surface area contributed by atoms with Crippen LogP contribution in [0.5, 0.6) is 0 Å². The first kappa shape index (κ1) is 21.0. The van der Waals surface area contributed by atoms with Crippen LogP contribution in [0.2, 0.25) is 5.02 Å². The fourth-order valence-corrected chi connectivity index (χ4v) is 3.46. The zero-order valence-electron chi connectivity index (χ0n) is 14.5. The molecule has 2 rings (SSSR count). The van der Waals surface area contributed by atoms with E-state index in [0.717, 1.165) is 29.2 Å². The van der Waals surface area contributed by atoms with Crippen molar-refractivity contribution in [2.75, 3.05) is 12.4 Å². The van der Waals surface area contributed by atoms with Crippen LogP contribution < -0.4 is 5.32 Å². The molecule has 1 heterocycles. The summed E-state index contributed by atoms with van der Waals surface area (Å²) in [7, 11) is 1.23. The second kappa shape index (κ2) is 8.14. The zero-order valence-corrected chi connectivity index (χ0v) is 16.1. The normalized spacial score (nSPS) is 11.7. The summed E-state index contributed by atoms with van der Waals surface area (Å²) < 4.78 is 43.1. The van der Waals surface area contributed by atoms with Gasteiger partial charge in [-0.15, -0.1) is 11.3 Å². The van der Waals surface area contributed by atoms with Crippen LogP contribution in [0, 0.1) is 13.8 Å². The summed E-state index contributed by atoms with van der Waals surface area (Å²) in [5, 5.41) is 2.93. The SMILES string of the molecule is COC(=O)c1c(NC(=O)/C=C/c2cc(C(F)(F)F)ccc2Cl)sc(C)c1C. The molecule has 0 atom stereocenters. The number of esters is 1.